The number of aromatic nitrogens is 1. The number of pyridine rings is 1. The van der Waals surface area contributed by atoms with Gasteiger partial charge in [-0.15, -0.1) is 0 Å². The Morgan fingerprint density at radius 3 is 2.52 bits per heavy atom. The molecule has 0 fully saturated rings. The SMILES string of the molecule is CCOc1cc(C(Cc2ncc(Br)c(C)c2[N+](=O)[O-])CS(C)(=O)=O)ccc1OC(F)F. The lowest BCUT2D eigenvalue weighted by molar-refractivity contribution is -0.386. The van der Waals surface area contributed by atoms with Crippen LogP contribution in [-0.2, 0) is 16.3 Å². The second-order valence-corrected chi connectivity index (χ2v) is 9.83. The van der Waals surface area contributed by atoms with Crippen molar-refractivity contribution in [1.82, 2.24) is 4.98 Å². The summed E-state index contributed by atoms with van der Waals surface area (Å²) in [5, 5.41) is 11.6. The average molecular weight is 523 g/mol. The van der Waals surface area contributed by atoms with E-state index in [-0.39, 0.29) is 41.7 Å². The molecule has 1 atom stereocenters. The van der Waals surface area contributed by atoms with Gasteiger partial charge in [0.15, 0.2) is 11.5 Å². The highest BCUT2D eigenvalue weighted by atomic mass is 79.9. The smallest absolute Gasteiger partial charge is 0.387 e. The van der Waals surface area contributed by atoms with E-state index in [4.69, 9.17) is 4.74 Å². The largest absolute Gasteiger partial charge is 0.490 e. The molecule has 12 heteroatoms. The molecule has 31 heavy (non-hydrogen) atoms. The minimum Gasteiger partial charge on any atom is -0.490 e. The first kappa shape index (κ1) is 24.9. The van der Waals surface area contributed by atoms with Crippen LogP contribution in [0.15, 0.2) is 28.9 Å². The highest BCUT2D eigenvalue weighted by Crippen LogP contribution is 2.36. The average Bonchev–Trinajstić information content (AvgIpc) is 2.64. The summed E-state index contributed by atoms with van der Waals surface area (Å²) in [6, 6.07) is 4.11. The van der Waals surface area contributed by atoms with E-state index in [1.54, 1.807) is 13.8 Å². The summed E-state index contributed by atoms with van der Waals surface area (Å²) in [5.41, 5.74) is 0.705. The molecule has 0 aliphatic rings. The number of halogens is 3. The molecule has 0 aliphatic heterocycles. The second kappa shape index (κ2) is 10.3. The Balaban J connectivity index is 2.55. The summed E-state index contributed by atoms with van der Waals surface area (Å²) in [5.74, 6) is -1.24. The van der Waals surface area contributed by atoms with Gasteiger partial charge in [0.05, 0.1) is 17.3 Å². The molecule has 1 aromatic carbocycles. The van der Waals surface area contributed by atoms with Crippen molar-refractivity contribution in [3.63, 3.8) is 0 Å². The predicted octanol–water partition coefficient (Wildman–Crippen LogP) is 4.43. The minimum atomic E-state index is -3.50. The number of nitrogens with zero attached hydrogens (tertiary/aromatic N) is 2. The van der Waals surface area contributed by atoms with Gasteiger partial charge in [-0.05, 0) is 47.5 Å². The molecule has 1 heterocycles. The van der Waals surface area contributed by atoms with Crippen molar-refractivity contribution in [3.05, 3.63) is 55.8 Å². The third-order valence-electron chi connectivity index (χ3n) is 4.40. The minimum absolute atomic E-state index is 0.0215. The van der Waals surface area contributed by atoms with Gasteiger partial charge < -0.3 is 9.47 Å². The molecule has 170 valence electrons. The Bertz CT molecular complexity index is 1070. The molecule has 0 saturated heterocycles. The predicted molar refractivity (Wildman–Crippen MR) is 114 cm³/mol. The van der Waals surface area contributed by atoms with E-state index in [1.807, 2.05) is 0 Å². The van der Waals surface area contributed by atoms with Crippen LogP contribution in [-0.4, -0.2) is 43.6 Å². The number of alkyl halides is 2. The lowest BCUT2D eigenvalue weighted by atomic mass is 9.94. The van der Waals surface area contributed by atoms with E-state index in [1.165, 1.54) is 24.4 Å². The van der Waals surface area contributed by atoms with Crippen LogP contribution in [0.5, 0.6) is 11.5 Å². The van der Waals surface area contributed by atoms with Crippen LogP contribution in [0.2, 0.25) is 0 Å². The molecule has 0 amide bonds. The molecular weight excluding hydrogens is 502 g/mol. The number of ether oxygens (including phenoxy) is 2. The van der Waals surface area contributed by atoms with Crippen molar-refractivity contribution in [2.75, 3.05) is 18.6 Å². The van der Waals surface area contributed by atoms with Crippen LogP contribution in [0.4, 0.5) is 14.5 Å². The second-order valence-electron chi connectivity index (χ2n) is 6.79. The Labute approximate surface area is 186 Å². The zero-order chi connectivity index (χ0) is 23.3. The van der Waals surface area contributed by atoms with Crippen LogP contribution >= 0.6 is 15.9 Å². The summed E-state index contributed by atoms with van der Waals surface area (Å²) < 4.78 is 59.7. The molecule has 0 spiro atoms. The zero-order valence-corrected chi connectivity index (χ0v) is 19.4. The van der Waals surface area contributed by atoms with Crippen molar-refractivity contribution in [3.8, 4) is 11.5 Å². The van der Waals surface area contributed by atoms with Gasteiger partial charge in [-0.25, -0.2) is 8.42 Å². The summed E-state index contributed by atoms with van der Waals surface area (Å²) in [6.07, 6.45) is 2.41. The van der Waals surface area contributed by atoms with Gasteiger partial charge in [0.1, 0.15) is 15.5 Å². The van der Waals surface area contributed by atoms with Crippen molar-refractivity contribution in [2.24, 2.45) is 0 Å². The van der Waals surface area contributed by atoms with Crippen molar-refractivity contribution >= 4 is 31.5 Å². The summed E-state index contributed by atoms with van der Waals surface area (Å²) in [4.78, 5) is 15.2. The highest BCUT2D eigenvalue weighted by molar-refractivity contribution is 9.10. The van der Waals surface area contributed by atoms with Crippen LogP contribution in [0.3, 0.4) is 0 Å². The summed E-state index contributed by atoms with van der Waals surface area (Å²) in [6.45, 7) is 0.320. The number of rotatable bonds is 10. The maximum atomic E-state index is 12.7. The Hall–Kier alpha value is -2.34. The van der Waals surface area contributed by atoms with Gasteiger partial charge in [-0.1, -0.05) is 6.07 Å². The van der Waals surface area contributed by atoms with E-state index < -0.39 is 27.3 Å². The molecule has 1 unspecified atom stereocenters. The lowest BCUT2D eigenvalue weighted by Gasteiger charge is -2.19. The molecular formula is C19H21BrF2N2O6S. The monoisotopic (exact) mass is 522 g/mol. The normalized spacial score (nSPS) is 12.6. The van der Waals surface area contributed by atoms with Crippen molar-refractivity contribution in [2.45, 2.75) is 32.8 Å². The van der Waals surface area contributed by atoms with Gasteiger partial charge in [0, 0.05) is 34.8 Å². The van der Waals surface area contributed by atoms with Gasteiger partial charge >= 0.3 is 6.61 Å². The number of nitro groups is 1. The third kappa shape index (κ3) is 6.82. The van der Waals surface area contributed by atoms with E-state index in [0.29, 0.717) is 15.6 Å². The Morgan fingerprint density at radius 1 is 1.29 bits per heavy atom. The highest BCUT2D eigenvalue weighted by Gasteiger charge is 2.27. The standard InChI is InChI=1S/C19H21BrF2N2O6S/c1-4-29-17-8-12(5-6-16(17)30-19(21)22)13(10-31(3,27)28)7-15-18(24(25)26)11(2)14(20)9-23-15/h5-6,8-9,13,19H,4,7,10H2,1-3H3. The molecule has 0 saturated carbocycles. The number of hydrogen-bond acceptors (Lipinski definition) is 7. The molecule has 0 radical (unpaired) electrons. The van der Waals surface area contributed by atoms with Crippen LogP contribution < -0.4 is 9.47 Å². The van der Waals surface area contributed by atoms with Gasteiger partial charge in [0.2, 0.25) is 0 Å². The molecule has 0 bridgehead atoms. The van der Waals surface area contributed by atoms with Crippen LogP contribution in [0.25, 0.3) is 0 Å². The lowest BCUT2D eigenvalue weighted by Crippen LogP contribution is -2.17. The molecule has 0 aliphatic carbocycles. The number of benzene rings is 1. The fraction of sp³-hybridized carbons (Fsp3) is 0.421. The van der Waals surface area contributed by atoms with Crippen LogP contribution in [0.1, 0.15) is 29.7 Å². The van der Waals surface area contributed by atoms with E-state index in [0.717, 1.165) is 6.26 Å². The maximum Gasteiger partial charge on any atom is 0.387 e. The van der Waals surface area contributed by atoms with Crippen LogP contribution in [0, 0.1) is 17.0 Å². The molecule has 2 rings (SSSR count). The van der Waals surface area contributed by atoms with Gasteiger partial charge in [-0.3, -0.25) is 15.1 Å². The molecule has 2 aromatic rings. The van der Waals surface area contributed by atoms with E-state index in [2.05, 4.69) is 25.7 Å². The first-order valence-electron chi connectivity index (χ1n) is 9.10. The van der Waals surface area contributed by atoms with Gasteiger partial charge in [-0.2, -0.15) is 8.78 Å². The first-order chi connectivity index (χ1) is 14.4. The van der Waals surface area contributed by atoms with E-state index in [9.17, 15) is 27.3 Å². The fourth-order valence-corrected chi connectivity index (χ4v) is 4.46. The Kier molecular flexibility index (Phi) is 8.29. The number of hydrogen-bond donors (Lipinski definition) is 0. The Morgan fingerprint density at radius 2 is 1.97 bits per heavy atom. The molecule has 8 nitrogen and oxygen atoms in total. The van der Waals surface area contributed by atoms with Crippen molar-refractivity contribution < 1.29 is 31.6 Å². The first-order valence-corrected chi connectivity index (χ1v) is 12.0. The van der Waals surface area contributed by atoms with Crippen molar-refractivity contribution in [1.29, 1.82) is 0 Å². The third-order valence-corrected chi connectivity index (χ3v) is 6.21. The zero-order valence-electron chi connectivity index (χ0n) is 17.0. The number of sulfone groups is 1. The summed E-state index contributed by atoms with van der Waals surface area (Å²) >= 11 is 3.21. The quantitative estimate of drug-likeness (QED) is 0.335. The van der Waals surface area contributed by atoms with Gasteiger partial charge in [0.25, 0.3) is 5.69 Å². The maximum absolute atomic E-state index is 12.7. The summed E-state index contributed by atoms with van der Waals surface area (Å²) in [7, 11) is -3.50. The fourth-order valence-electron chi connectivity index (χ4n) is 3.13. The molecule has 0 N–H and O–H groups in total. The molecule has 1 aromatic heterocycles. The topological polar surface area (TPSA) is 109 Å². The van der Waals surface area contributed by atoms with E-state index >= 15 is 0 Å².